The van der Waals surface area contributed by atoms with Crippen molar-refractivity contribution in [1.82, 2.24) is 9.78 Å². The van der Waals surface area contributed by atoms with Gasteiger partial charge in [0.25, 0.3) is 5.56 Å². The van der Waals surface area contributed by atoms with Crippen LogP contribution < -0.4 is 15.8 Å². The number of nitrogens with zero attached hydrogens (tertiary/aromatic N) is 3. The molecule has 1 aliphatic heterocycles. The minimum atomic E-state index is -4.52. The number of amides is 1. The zero-order chi connectivity index (χ0) is 22.0. The van der Waals surface area contributed by atoms with Crippen LogP contribution in [0, 0.1) is 0 Å². The van der Waals surface area contributed by atoms with E-state index < -0.39 is 29.8 Å². The number of aromatic nitrogens is 2. The average Bonchev–Trinajstić information content (AvgIpc) is 2.76. The van der Waals surface area contributed by atoms with Crippen LogP contribution in [0.25, 0.3) is 10.8 Å². The van der Waals surface area contributed by atoms with E-state index in [1.807, 2.05) is 4.90 Å². The zero-order valence-electron chi connectivity index (χ0n) is 16.4. The van der Waals surface area contributed by atoms with Gasteiger partial charge in [-0.15, -0.1) is 0 Å². The fourth-order valence-electron chi connectivity index (χ4n) is 3.44. The summed E-state index contributed by atoms with van der Waals surface area (Å²) in [4.78, 5) is 27.3. The second kappa shape index (κ2) is 8.38. The summed E-state index contributed by atoms with van der Waals surface area (Å²) in [7, 11) is 0. The highest BCUT2D eigenvalue weighted by atomic mass is 19.4. The van der Waals surface area contributed by atoms with Gasteiger partial charge in [-0.05, 0) is 24.3 Å². The van der Waals surface area contributed by atoms with Crippen molar-refractivity contribution < 1.29 is 22.7 Å². The molecule has 1 aromatic heterocycles. The second-order valence-electron chi connectivity index (χ2n) is 7.06. The summed E-state index contributed by atoms with van der Waals surface area (Å²) < 4.78 is 45.1. The molecule has 2 aromatic carbocycles. The molecule has 7 nitrogen and oxygen atoms in total. The Balaban J connectivity index is 1.63. The fraction of sp³-hybridized carbons (Fsp3) is 0.286. The van der Waals surface area contributed by atoms with E-state index in [-0.39, 0.29) is 5.69 Å². The van der Waals surface area contributed by atoms with Crippen LogP contribution in [0.4, 0.5) is 24.7 Å². The SMILES string of the molecule is O=C(Cn1nc(N2CCOCC2)c2ccccc2c1=O)Nc1cccc(C(F)(F)F)c1. The molecule has 0 atom stereocenters. The van der Waals surface area contributed by atoms with E-state index in [1.54, 1.807) is 24.3 Å². The van der Waals surface area contributed by atoms with E-state index in [0.29, 0.717) is 42.9 Å². The van der Waals surface area contributed by atoms with E-state index in [9.17, 15) is 22.8 Å². The Morgan fingerprint density at radius 3 is 2.48 bits per heavy atom. The average molecular weight is 432 g/mol. The highest BCUT2D eigenvalue weighted by Crippen LogP contribution is 2.30. The molecule has 1 N–H and O–H groups in total. The predicted molar refractivity (Wildman–Crippen MR) is 109 cm³/mol. The minimum Gasteiger partial charge on any atom is -0.378 e. The van der Waals surface area contributed by atoms with Gasteiger partial charge >= 0.3 is 6.18 Å². The lowest BCUT2D eigenvalue weighted by Crippen LogP contribution is -2.39. The third-order valence-corrected chi connectivity index (χ3v) is 4.93. The van der Waals surface area contributed by atoms with Crippen LogP contribution in [0.2, 0.25) is 0 Å². The number of ether oxygens (including phenoxy) is 1. The molecule has 0 spiro atoms. The molecule has 1 saturated heterocycles. The monoisotopic (exact) mass is 432 g/mol. The third kappa shape index (κ3) is 4.53. The predicted octanol–water partition coefficient (Wildman–Crippen LogP) is 2.89. The Labute approximate surface area is 175 Å². The lowest BCUT2D eigenvalue weighted by Gasteiger charge is -2.29. The van der Waals surface area contributed by atoms with Crippen molar-refractivity contribution in [3.63, 3.8) is 0 Å². The zero-order valence-corrected chi connectivity index (χ0v) is 16.4. The number of hydrogen-bond donors (Lipinski definition) is 1. The van der Waals surface area contributed by atoms with Crippen LogP contribution in [0.5, 0.6) is 0 Å². The van der Waals surface area contributed by atoms with E-state index in [1.165, 1.54) is 12.1 Å². The Morgan fingerprint density at radius 2 is 1.77 bits per heavy atom. The van der Waals surface area contributed by atoms with Crippen LogP contribution in [0.15, 0.2) is 53.3 Å². The van der Waals surface area contributed by atoms with Crippen LogP contribution in [-0.4, -0.2) is 42.0 Å². The smallest absolute Gasteiger partial charge is 0.378 e. The fourth-order valence-corrected chi connectivity index (χ4v) is 3.44. The quantitative estimate of drug-likeness (QED) is 0.686. The van der Waals surface area contributed by atoms with Crippen molar-refractivity contribution in [2.75, 3.05) is 36.5 Å². The minimum absolute atomic E-state index is 0.0120. The molecule has 0 saturated carbocycles. The first-order chi connectivity index (χ1) is 14.8. The van der Waals surface area contributed by atoms with E-state index >= 15 is 0 Å². The van der Waals surface area contributed by atoms with Gasteiger partial charge in [0.05, 0.1) is 24.2 Å². The van der Waals surface area contributed by atoms with E-state index in [2.05, 4.69) is 10.4 Å². The lowest BCUT2D eigenvalue weighted by molar-refractivity contribution is -0.137. The first-order valence-corrected chi connectivity index (χ1v) is 9.62. The number of nitrogens with one attached hydrogen (secondary N) is 1. The molecular formula is C21H19F3N4O3. The summed E-state index contributed by atoms with van der Waals surface area (Å²) >= 11 is 0. The van der Waals surface area contributed by atoms with E-state index in [0.717, 1.165) is 16.8 Å². The standard InChI is InChI=1S/C21H19F3N4O3/c22-21(23,24)14-4-3-5-15(12-14)25-18(29)13-28-20(30)17-7-2-1-6-16(17)19(26-28)27-8-10-31-11-9-27/h1-7,12H,8-11,13H2,(H,25,29). The maximum atomic E-state index is 12.9. The molecule has 1 fully saturated rings. The van der Waals surface area contributed by atoms with Gasteiger partial charge in [-0.2, -0.15) is 18.3 Å². The molecule has 162 valence electrons. The van der Waals surface area contributed by atoms with Gasteiger partial charge in [-0.1, -0.05) is 24.3 Å². The molecule has 0 radical (unpaired) electrons. The number of anilines is 2. The van der Waals surface area contributed by atoms with Crippen molar-refractivity contribution in [2.24, 2.45) is 0 Å². The van der Waals surface area contributed by atoms with Gasteiger partial charge < -0.3 is 15.0 Å². The Morgan fingerprint density at radius 1 is 1.06 bits per heavy atom. The number of alkyl halides is 3. The summed E-state index contributed by atoms with van der Waals surface area (Å²) in [5.41, 5.74) is -1.34. The van der Waals surface area contributed by atoms with Crippen molar-refractivity contribution in [1.29, 1.82) is 0 Å². The van der Waals surface area contributed by atoms with E-state index in [4.69, 9.17) is 4.74 Å². The molecule has 3 aromatic rings. The summed E-state index contributed by atoms with van der Waals surface area (Å²) in [6, 6.07) is 11.3. The van der Waals surface area contributed by atoms with Gasteiger partial charge in [-0.3, -0.25) is 9.59 Å². The van der Waals surface area contributed by atoms with Gasteiger partial charge in [-0.25, -0.2) is 4.68 Å². The normalized spacial score (nSPS) is 14.6. The molecule has 0 bridgehead atoms. The number of carbonyl (C=O) groups is 1. The molecule has 2 heterocycles. The van der Waals surface area contributed by atoms with Crippen molar-refractivity contribution >= 4 is 28.2 Å². The molecule has 0 unspecified atom stereocenters. The number of hydrogen-bond acceptors (Lipinski definition) is 5. The molecule has 1 amide bonds. The van der Waals surface area contributed by atoms with Crippen LogP contribution >= 0.6 is 0 Å². The number of rotatable bonds is 4. The van der Waals surface area contributed by atoms with Crippen LogP contribution in [0.3, 0.4) is 0 Å². The molecule has 4 rings (SSSR count). The van der Waals surface area contributed by atoms with Gasteiger partial charge in [0.1, 0.15) is 6.54 Å². The number of morpholine rings is 1. The maximum absolute atomic E-state index is 12.9. The Bertz CT molecular complexity index is 1170. The summed E-state index contributed by atoms with van der Waals surface area (Å²) in [6.07, 6.45) is -4.52. The number of fused-ring (bicyclic) bond motifs is 1. The summed E-state index contributed by atoms with van der Waals surface area (Å²) in [5.74, 6) is -0.0949. The van der Waals surface area contributed by atoms with Crippen LogP contribution in [0.1, 0.15) is 5.56 Å². The van der Waals surface area contributed by atoms with Crippen molar-refractivity contribution in [3.05, 3.63) is 64.4 Å². The topological polar surface area (TPSA) is 76.5 Å². The van der Waals surface area contributed by atoms with Crippen LogP contribution in [-0.2, 0) is 22.3 Å². The lowest BCUT2D eigenvalue weighted by atomic mass is 10.1. The molecule has 31 heavy (non-hydrogen) atoms. The second-order valence-corrected chi connectivity index (χ2v) is 7.06. The maximum Gasteiger partial charge on any atom is 0.416 e. The Hall–Kier alpha value is -3.40. The van der Waals surface area contributed by atoms with Crippen molar-refractivity contribution in [3.8, 4) is 0 Å². The van der Waals surface area contributed by atoms with Crippen molar-refractivity contribution in [2.45, 2.75) is 12.7 Å². The molecule has 1 aliphatic rings. The van der Waals surface area contributed by atoms with Gasteiger partial charge in [0.15, 0.2) is 5.82 Å². The van der Waals surface area contributed by atoms with Gasteiger partial charge in [0.2, 0.25) is 5.91 Å². The first kappa shape index (κ1) is 20.9. The number of benzene rings is 2. The molecule has 0 aliphatic carbocycles. The van der Waals surface area contributed by atoms with Gasteiger partial charge in [0, 0.05) is 24.2 Å². The summed E-state index contributed by atoms with van der Waals surface area (Å²) in [5, 5.41) is 7.88. The third-order valence-electron chi connectivity index (χ3n) is 4.93. The number of halogens is 3. The molecular weight excluding hydrogens is 413 g/mol. The first-order valence-electron chi connectivity index (χ1n) is 9.62. The largest absolute Gasteiger partial charge is 0.416 e. The Kier molecular flexibility index (Phi) is 5.64. The number of carbonyl (C=O) groups excluding carboxylic acids is 1. The molecule has 10 heteroatoms. The summed E-state index contributed by atoms with van der Waals surface area (Å²) in [6.45, 7) is 1.78. The highest BCUT2D eigenvalue weighted by Gasteiger charge is 2.30. The highest BCUT2D eigenvalue weighted by molar-refractivity contribution is 5.93.